The van der Waals surface area contributed by atoms with E-state index in [-0.39, 0.29) is 11.6 Å². The normalized spacial score (nSPS) is 11.8. The van der Waals surface area contributed by atoms with E-state index < -0.39 is 0 Å². The van der Waals surface area contributed by atoms with E-state index in [1.807, 2.05) is 24.3 Å². The van der Waals surface area contributed by atoms with Crippen LogP contribution in [0.1, 0.15) is 18.1 Å². The van der Waals surface area contributed by atoms with Crippen molar-refractivity contribution in [3.8, 4) is 6.07 Å². The molecular formula is C17H15N5O. The lowest BCUT2D eigenvalue weighted by atomic mass is 10.1. The minimum Gasteiger partial charge on any atom is -0.367 e. The molecule has 0 radical (unpaired) electrons. The Balaban J connectivity index is 1.73. The Labute approximate surface area is 132 Å². The molecule has 0 aliphatic rings. The van der Waals surface area contributed by atoms with E-state index in [0.717, 1.165) is 12.0 Å². The molecule has 3 rings (SSSR count). The van der Waals surface area contributed by atoms with Gasteiger partial charge in [-0.15, -0.1) is 0 Å². The quantitative estimate of drug-likeness (QED) is 0.771. The number of fused-ring (bicyclic) bond motifs is 1. The van der Waals surface area contributed by atoms with Crippen molar-refractivity contribution >= 4 is 16.9 Å². The van der Waals surface area contributed by atoms with Crippen LogP contribution in [0.25, 0.3) is 11.0 Å². The second-order valence-electron chi connectivity index (χ2n) is 5.36. The largest absolute Gasteiger partial charge is 0.367 e. The molecule has 0 aliphatic carbocycles. The predicted octanol–water partition coefficient (Wildman–Crippen LogP) is 2.23. The smallest absolute Gasteiger partial charge is 0.260 e. The number of H-pyrrole nitrogens is 1. The van der Waals surface area contributed by atoms with E-state index in [1.165, 1.54) is 6.33 Å². The molecule has 0 amide bonds. The number of hydrogen-bond acceptors (Lipinski definition) is 5. The number of rotatable bonds is 4. The molecule has 0 aliphatic heterocycles. The van der Waals surface area contributed by atoms with Crippen LogP contribution < -0.4 is 10.9 Å². The van der Waals surface area contributed by atoms with Gasteiger partial charge >= 0.3 is 0 Å². The predicted molar refractivity (Wildman–Crippen MR) is 88.1 cm³/mol. The highest BCUT2D eigenvalue weighted by atomic mass is 16.1. The molecule has 1 aromatic carbocycles. The third kappa shape index (κ3) is 3.35. The molecule has 0 fully saturated rings. The zero-order chi connectivity index (χ0) is 16.2. The van der Waals surface area contributed by atoms with Crippen LogP contribution in [-0.4, -0.2) is 21.0 Å². The van der Waals surface area contributed by atoms with E-state index in [0.29, 0.717) is 22.4 Å². The molecule has 6 nitrogen and oxygen atoms in total. The molecular weight excluding hydrogens is 290 g/mol. The molecule has 2 N–H and O–H groups in total. The van der Waals surface area contributed by atoms with E-state index in [1.54, 1.807) is 12.1 Å². The van der Waals surface area contributed by atoms with Crippen molar-refractivity contribution in [1.29, 1.82) is 5.26 Å². The molecule has 3 aromatic rings. The average molecular weight is 305 g/mol. The summed E-state index contributed by atoms with van der Waals surface area (Å²) in [5.74, 6) is 0.678. The molecule has 6 heteroatoms. The lowest BCUT2D eigenvalue weighted by Gasteiger charge is -2.14. The SMILES string of the molecule is CC(Cc1ccc(C#N)cc1)Nc1ccc2c(=O)[nH]cnc2n1. The molecule has 2 aromatic heterocycles. The Kier molecular flexibility index (Phi) is 4.02. The molecule has 114 valence electrons. The van der Waals surface area contributed by atoms with Gasteiger partial charge < -0.3 is 10.3 Å². The number of anilines is 1. The zero-order valence-corrected chi connectivity index (χ0v) is 12.6. The van der Waals surface area contributed by atoms with Crippen molar-refractivity contribution < 1.29 is 0 Å². The summed E-state index contributed by atoms with van der Waals surface area (Å²) in [5.41, 5.74) is 2.02. The van der Waals surface area contributed by atoms with Crippen LogP contribution in [0.15, 0.2) is 47.5 Å². The average Bonchev–Trinajstić information content (AvgIpc) is 2.55. The number of nitrogens with one attached hydrogen (secondary N) is 2. The van der Waals surface area contributed by atoms with Crippen molar-refractivity contribution in [3.63, 3.8) is 0 Å². The van der Waals surface area contributed by atoms with Gasteiger partial charge in [-0.25, -0.2) is 9.97 Å². The number of benzene rings is 1. The number of aromatic nitrogens is 3. The standard InChI is InChI=1S/C17H15N5O/c1-11(8-12-2-4-13(9-18)5-3-12)21-15-7-6-14-16(22-15)19-10-20-17(14)23/h2-7,10-11H,8H2,1H3,(H2,19,20,21,22,23). The fourth-order valence-corrected chi connectivity index (χ4v) is 2.41. The second kappa shape index (κ2) is 6.28. The number of hydrogen-bond donors (Lipinski definition) is 2. The fourth-order valence-electron chi connectivity index (χ4n) is 2.41. The number of nitriles is 1. The van der Waals surface area contributed by atoms with Gasteiger partial charge in [-0.05, 0) is 43.2 Å². The summed E-state index contributed by atoms with van der Waals surface area (Å²) in [7, 11) is 0. The van der Waals surface area contributed by atoms with Crippen molar-refractivity contribution in [3.05, 3.63) is 64.2 Å². The van der Waals surface area contributed by atoms with Gasteiger partial charge in [-0.3, -0.25) is 4.79 Å². The summed E-state index contributed by atoms with van der Waals surface area (Å²) < 4.78 is 0. The highest BCUT2D eigenvalue weighted by molar-refractivity contribution is 5.75. The number of aromatic amines is 1. The van der Waals surface area contributed by atoms with E-state index in [9.17, 15) is 4.79 Å². The first-order chi connectivity index (χ1) is 11.2. The fraction of sp³-hybridized carbons (Fsp3) is 0.176. The van der Waals surface area contributed by atoms with Crippen molar-refractivity contribution in [2.45, 2.75) is 19.4 Å². The van der Waals surface area contributed by atoms with Gasteiger partial charge in [0, 0.05) is 6.04 Å². The summed E-state index contributed by atoms with van der Waals surface area (Å²) in [5, 5.41) is 12.6. The molecule has 1 unspecified atom stereocenters. The van der Waals surface area contributed by atoms with Crippen LogP contribution in [0, 0.1) is 11.3 Å². The Morgan fingerprint density at radius 2 is 2.04 bits per heavy atom. The van der Waals surface area contributed by atoms with Crippen LogP contribution >= 0.6 is 0 Å². The first-order valence-corrected chi connectivity index (χ1v) is 7.26. The van der Waals surface area contributed by atoms with Gasteiger partial charge in [-0.1, -0.05) is 12.1 Å². The van der Waals surface area contributed by atoms with Gasteiger partial charge in [0.25, 0.3) is 5.56 Å². The highest BCUT2D eigenvalue weighted by Gasteiger charge is 2.07. The first-order valence-electron chi connectivity index (χ1n) is 7.26. The Bertz CT molecular complexity index is 924. The van der Waals surface area contributed by atoms with Crippen LogP contribution in [-0.2, 0) is 6.42 Å². The van der Waals surface area contributed by atoms with Gasteiger partial charge in [-0.2, -0.15) is 5.26 Å². The minimum atomic E-state index is -0.195. The Morgan fingerprint density at radius 1 is 1.26 bits per heavy atom. The minimum absolute atomic E-state index is 0.148. The Hall–Kier alpha value is -3.20. The molecule has 0 saturated carbocycles. The summed E-state index contributed by atoms with van der Waals surface area (Å²) in [6.07, 6.45) is 2.15. The molecule has 1 atom stereocenters. The zero-order valence-electron chi connectivity index (χ0n) is 12.6. The van der Waals surface area contributed by atoms with Crippen LogP contribution in [0.3, 0.4) is 0 Å². The third-order valence-electron chi connectivity index (χ3n) is 3.52. The molecule has 0 bridgehead atoms. The summed E-state index contributed by atoms with van der Waals surface area (Å²) in [4.78, 5) is 22.6. The van der Waals surface area contributed by atoms with E-state index in [2.05, 4.69) is 33.3 Å². The lowest BCUT2D eigenvalue weighted by molar-refractivity contribution is 0.785. The molecule has 0 spiro atoms. The Morgan fingerprint density at radius 3 is 2.78 bits per heavy atom. The summed E-state index contributed by atoms with van der Waals surface area (Å²) in [6, 6.07) is 13.3. The van der Waals surface area contributed by atoms with Gasteiger partial charge in [0.2, 0.25) is 0 Å². The molecule has 0 saturated heterocycles. The number of nitrogens with zero attached hydrogens (tertiary/aromatic N) is 3. The maximum absolute atomic E-state index is 11.6. The van der Waals surface area contributed by atoms with Crippen LogP contribution in [0.4, 0.5) is 5.82 Å². The lowest BCUT2D eigenvalue weighted by Crippen LogP contribution is -2.19. The van der Waals surface area contributed by atoms with Gasteiger partial charge in [0.1, 0.15) is 5.82 Å². The summed E-state index contributed by atoms with van der Waals surface area (Å²) in [6.45, 7) is 2.05. The third-order valence-corrected chi connectivity index (χ3v) is 3.52. The monoisotopic (exact) mass is 305 g/mol. The van der Waals surface area contributed by atoms with Crippen molar-refractivity contribution in [1.82, 2.24) is 15.0 Å². The van der Waals surface area contributed by atoms with Gasteiger partial charge in [0.15, 0.2) is 5.65 Å². The van der Waals surface area contributed by atoms with Crippen LogP contribution in [0.2, 0.25) is 0 Å². The van der Waals surface area contributed by atoms with E-state index in [4.69, 9.17) is 5.26 Å². The van der Waals surface area contributed by atoms with Crippen molar-refractivity contribution in [2.75, 3.05) is 5.32 Å². The van der Waals surface area contributed by atoms with Crippen LogP contribution in [0.5, 0.6) is 0 Å². The maximum Gasteiger partial charge on any atom is 0.260 e. The van der Waals surface area contributed by atoms with Gasteiger partial charge in [0.05, 0.1) is 23.3 Å². The second-order valence-corrected chi connectivity index (χ2v) is 5.36. The maximum atomic E-state index is 11.6. The summed E-state index contributed by atoms with van der Waals surface area (Å²) >= 11 is 0. The molecule has 2 heterocycles. The topological polar surface area (TPSA) is 94.5 Å². The number of pyridine rings is 1. The first kappa shape index (κ1) is 14.7. The van der Waals surface area contributed by atoms with Crippen molar-refractivity contribution in [2.24, 2.45) is 0 Å². The molecule has 23 heavy (non-hydrogen) atoms. The van der Waals surface area contributed by atoms with E-state index >= 15 is 0 Å². The highest BCUT2D eigenvalue weighted by Crippen LogP contribution is 2.12.